The molecule has 1 rings (SSSR count). The van der Waals surface area contributed by atoms with Crippen molar-refractivity contribution >= 4 is 23.6 Å². The fraction of sp³-hybridized carbons (Fsp3) is 0.353. The van der Waals surface area contributed by atoms with E-state index >= 15 is 0 Å². The number of carboxylic acid groups (broad SMARTS) is 1. The van der Waals surface area contributed by atoms with Gasteiger partial charge < -0.3 is 20.8 Å². The number of carbonyl (C=O) groups is 2. The van der Waals surface area contributed by atoms with Crippen molar-refractivity contribution < 1.29 is 19.8 Å². The van der Waals surface area contributed by atoms with Crippen LogP contribution in [0.2, 0.25) is 0 Å². The lowest BCUT2D eigenvalue weighted by atomic mass is 10.1. The highest BCUT2D eigenvalue weighted by molar-refractivity contribution is 7.98. The SMILES string of the molecule is CSCCC(NC(=O)/C(C#N)=C\NCCc1ccc(O)cc1)C(=O)O. The lowest BCUT2D eigenvalue weighted by molar-refractivity contribution is -0.141. The Hall–Kier alpha value is -2.66. The summed E-state index contributed by atoms with van der Waals surface area (Å²) in [6, 6.07) is 7.47. The summed E-state index contributed by atoms with van der Waals surface area (Å²) in [5.41, 5.74) is 0.811. The predicted molar refractivity (Wildman–Crippen MR) is 96.1 cm³/mol. The van der Waals surface area contributed by atoms with Gasteiger partial charge in [-0.25, -0.2) is 4.79 Å². The molecule has 0 radical (unpaired) electrons. The number of rotatable bonds is 10. The van der Waals surface area contributed by atoms with Gasteiger partial charge in [-0.15, -0.1) is 0 Å². The number of carbonyl (C=O) groups excluding carboxylic acids is 1. The Morgan fingerprint density at radius 1 is 1.36 bits per heavy atom. The first kappa shape index (κ1) is 20.4. The molecule has 8 heteroatoms. The number of nitriles is 1. The van der Waals surface area contributed by atoms with Crippen LogP contribution in [-0.4, -0.2) is 46.7 Å². The molecule has 0 aliphatic carbocycles. The average Bonchev–Trinajstić information content (AvgIpc) is 2.59. The number of aliphatic carboxylic acids is 1. The second-order valence-corrected chi connectivity index (χ2v) is 6.17. The smallest absolute Gasteiger partial charge is 0.326 e. The largest absolute Gasteiger partial charge is 0.508 e. The summed E-state index contributed by atoms with van der Waals surface area (Å²) in [5.74, 6) is -1.06. The predicted octanol–water partition coefficient (Wildman–Crippen LogP) is 1.25. The molecule has 4 N–H and O–H groups in total. The van der Waals surface area contributed by atoms with Gasteiger partial charge in [0, 0.05) is 12.7 Å². The van der Waals surface area contributed by atoms with Gasteiger partial charge in [0.25, 0.3) is 5.91 Å². The number of nitrogens with one attached hydrogen (secondary N) is 2. The van der Waals surface area contributed by atoms with Crippen LogP contribution in [0.1, 0.15) is 12.0 Å². The number of benzene rings is 1. The van der Waals surface area contributed by atoms with E-state index in [0.29, 0.717) is 18.7 Å². The van der Waals surface area contributed by atoms with E-state index in [1.807, 2.05) is 6.26 Å². The number of thioether (sulfide) groups is 1. The van der Waals surface area contributed by atoms with Gasteiger partial charge in [0.05, 0.1) is 0 Å². The van der Waals surface area contributed by atoms with E-state index in [1.165, 1.54) is 18.0 Å². The number of phenols is 1. The van der Waals surface area contributed by atoms with Gasteiger partial charge in [0.1, 0.15) is 23.4 Å². The van der Waals surface area contributed by atoms with Crippen LogP contribution >= 0.6 is 11.8 Å². The molecule has 1 atom stereocenters. The van der Waals surface area contributed by atoms with Crippen molar-refractivity contribution in [2.45, 2.75) is 18.9 Å². The molecule has 0 saturated heterocycles. The van der Waals surface area contributed by atoms with Crippen LogP contribution in [0, 0.1) is 11.3 Å². The van der Waals surface area contributed by atoms with Crippen LogP contribution < -0.4 is 10.6 Å². The minimum atomic E-state index is -1.13. The van der Waals surface area contributed by atoms with Crippen molar-refractivity contribution in [2.75, 3.05) is 18.6 Å². The first-order valence-electron chi connectivity index (χ1n) is 7.62. The molecule has 0 aliphatic heterocycles. The maximum absolute atomic E-state index is 12.0. The third-order valence-electron chi connectivity index (χ3n) is 3.32. The first-order valence-corrected chi connectivity index (χ1v) is 9.01. The van der Waals surface area contributed by atoms with E-state index in [2.05, 4.69) is 10.6 Å². The zero-order valence-electron chi connectivity index (χ0n) is 13.9. The van der Waals surface area contributed by atoms with E-state index in [0.717, 1.165) is 5.56 Å². The summed E-state index contributed by atoms with van der Waals surface area (Å²) in [5, 5.41) is 32.6. The number of amides is 1. The van der Waals surface area contributed by atoms with Crippen molar-refractivity contribution in [1.29, 1.82) is 5.26 Å². The molecule has 0 saturated carbocycles. The maximum atomic E-state index is 12.0. The molecule has 1 aromatic rings. The fourth-order valence-corrected chi connectivity index (χ4v) is 2.40. The summed E-state index contributed by atoms with van der Waals surface area (Å²) in [6.45, 7) is 0.484. The van der Waals surface area contributed by atoms with E-state index in [9.17, 15) is 14.7 Å². The highest BCUT2D eigenvalue weighted by Gasteiger charge is 2.21. The Balaban J connectivity index is 2.53. The standard InChI is InChI=1S/C17H21N3O4S/c1-25-9-7-15(17(23)24)20-16(22)13(10-18)11-19-8-6-12-2-4-14(21)5-3-12/h2-5,11,15,19,21H,6-9H2,1H3,(H,20,22)(H,23,24)/b13-11-. The number of nitrogens with zero attached hydrogens (tertiary/aromatic N) is 1. The molecule has 0 aliphatic rings. The lowest BCUT2D eigenvalue weighted by Gasteiger charge is -2.13. The summed E-state index contributed by atoms with van der Waals surface area (Å²) in [6.07, 6.45) is 4.06. The first-order chi connectivity index (χ1) is 12.0. The number of carboxylic acids is 1. The maximum Gasteiger partial charge on any atom is 0.326 e. The van der Waals surface area contributed by atoms with Crippen molar-refractivity contribution in [3.8, 4) is 11.8 Å². The van der Waals surface area contributed by atoms with E-state index < -0.39 is 17.9 Å². The van der Waals surface area contributed by atoms with Crippen LogP contribution in [-0.2, 0) is 16.0 Å². The van der Waals surface area contributed by atoms with Crippen LogP contribution in [0.3, 0.4) is 0 Å². The van der Waals surface area contributed by atoms with Crippen LogP contribution in [0.4, 0.5) is 0 Å². The third-order valence-corrected chi connectivity index (χ3v) is 3.96. The zero-order chi connectivity index (χ0) is 18.7. The molecule has 0 spiro atoms. The summed E-state index contributed by atoms with van der Waals surface area (Å²) in [7, 11) is 0. The van der Waals surface area contributed by atoms with Gasteiger partial charge in [-0.05, 0) is 42.5 Å². The number of phenolic OH excluding ortho intramolecular Hbond substituents is 1. The van der Waals surface area contributed by atoms with Crippen molar-refractivity contribution in [3.05, 3.63) is 41.6 Å². The minimum absolute atomic E-state index is 0.180. The fourth-order valence-electron chi connectivity index (χ4n) is 1.93. The molecule has 0 heterocycles. The number of aromatic hydroxyl groups is 1. The molecule has 1 unspecified atom stereocenters. The second kappa shape index (κ2) is 11.0. The van der Waals surface area contributed by atoms with Gasteiger partial charge >= 0.3 is 5.97 Å². The van der Waals surface area contributed by atoms with Crippen LogP contribution in [0.15, 0.2) is 36.0 Å². The average molecular weight is 363 g/mol. The molecule has 25 heavy (non-hydrogen) atoms. The molecular weight excluding hydrogens is 342 g/mol. The molecule has 0 bridgehead atoms. The van der Waals surface area contributed by atoms with E-state index in [4.69, 9.17) is 10.4 Å². The molecule has 0 fully saturated rings. The van der Waals surface area contributed by atoms with Crippen LogP contribution in [0.5, 0.6) is 5.75 Å². The van der Waals surface area contributed by atoms with E-state index in [-0.39, 0.29) is 17.7 Å². The molecule has 1 amide bonds. The Morgan fingerprint density at radius 2 is 2.04 bits per heavy atom. The molecule has 7 nitrogen and oxygen atoms in total. The van der Waals surface area contributed by atoms with E-state index in [1.54, 1.807) is 30.3 Å². The van der Waals surface area contributed by atoms with Gasteiger partial charge in [-0.3, -0.25) is 4.79 Å². The van der Waals surface area contributed by atoms with Crippen molar-refractivity contribution in [2.24, 2.45) is 0 Å². The van der Waals surface area contributed by atoms with Gasteiger partial charge in [-0.1, -0.05) is 12.1 Å². The highest BCUT2D eigenvalue weighted by atomic mass is 32.2. The Morgan fingerprint density at radius 3 is 2.60 bits per heavy atom. The lowest BCUT2D eigenvalue weighted by Crippen LogP contribution is -2.41. The van der Waals surface area contributed by atoms with Crippen molar-refractivity contribution in [3.63, 3.8) is 0 Å². The highest BCUT2D eigenvalue weighted by Crippen LogP contribution is 2.09. The van der Waals surface area contributed by atoms with Crippen LogP contribution in [0.25, 0.3) is 0 Å². The Labute approximate surface area is 150 Å². The third kappa shape index (κ3) is 7.63. The molecule has 0 aromatic heterocycles. The Bertz CT molecular complexity index is 653. The topological polar surface area (TPSA) is 122 Å². The summed E-state index contributed by atoms with van der Waals surface area (Å²) in [4.78, 5) is 23.1. The zero-order valence-corrected chi connectivity index (χ0v) is 14.7. The Kier molecular flexibility index (Phi) is 8.96. The molecule has 1 aromatic carbocycles. The summed E-state index contributed by atoms with van der Waals surface area (Å²) < 4.78 is 0. The van der Waals surface area contributed by atoms with Gasteiger partial charge in [0.2, 0.25) is 0 Å². The number of hydrogen-bond acceptors (Lipinski definition) is 6. The monoisotopic (exact) mass is 363 g/mol. The van der Waals surface area contributed by atoms with Gasteiger partial charge in [0.15, 0.2) is 0 Å². The van der Waals surface area contributed by atoms with Crippen molar-refractivity contribution in [1.82, 2.24) is 10.6 Å². The molecule has 134 valence electrons. The normalized spacial score (nSPS) is 12.1. The molecular formula is C17H21N3O4S. The summed E-state index contributed by atoms with van der Waals surface area (Å²) >= 11 is 1.48. The minimum Gasteiger partial charge on any atom is -0.508 e. The quantitative estimate of drug-likeness (QED) is 0.280. The number of hydrogen-bond donors (Lipinski definition) is 4. The second-order valence-electron chi connectivity index (χ2n) is 5.19. The van der Waals surface area contributed by atoms with Gasteiger partial charge in [-0.2, -0.15) is 17.0 Å².